The normalized spacial score (nSPS) is 14.3. The number of hydrogen-bond acceptors (Lipinski definition) is 4. The van der Waals surface area contributed by atoms with Crippen LogP contribution in [0.5, 0.6) is 0 Å². The molecule has 5 N–H and O–H groups in total. The van der Waals surface area contributed by atoms with Gasteiger partial charge in [0.1, 0.15) is 6.04 Å². The topological polar surface area (TPSA) is 120 Å². The fourth-order valence-corrected chi connectivity index (χ4v) is 3.09. The number of aliphatic hydroxyl groups excluding tert-OH is 1. The molecule has 0 fully saturated rings. The molecule has 0 aromatic heterocycles. The summed E-state index contributed by atoms with van der Waals surface area (Å²) in [6, 6.07) is 7.21. The maximum Gasteiger partial charge on any atom is 0.315 e. The van der Waals surface area contributed by atoms with Gasteiger partial charge in [-0.3, -0.25) is 9.59 Å². The molecule has 0 spiro atoms. The van der Waals surface area contributed by atoms with Crippen LogP contribution in [0.3, 0.4) is 0 Å². The van der Waals surface area contributed by atoms with Crippen LogP contribution < -0.4 is 21.3 Å². The van der Waals surface area contributed by atoms with Gasteiger partial charge in [0, 0.05) is 12.1 Å². The largest absolute Gasteiger partial charge is 0.381 e. The highest BCUT2D eigenvalue weighted by atomic mass is 16.3. The van der Waals surface area contributed by atoms with Gasteiger partial charge in [0.2, 0.25) is 5.91 Å². The van der Waals surface area contributed by atoms with Crippen LogP contribution in [-0.2, 0) is 16.0 Å². The quantitative estimate of drug-likeness (QED) is 0.385. The van der Waals surface area contributed by atoms with Crippen molar-refractivity contribution in [3.63, 3.8) is 0 Å². The van der Waals surface area contributed by atoms with Gasteiger partial charge in [0.15, 0.2) is 6.10 Å². The van der Waals surface area contributed by atoms with Crippen molar-refractivity contribution in [2.45, 2.75) is 78.1 Å². The first-order valence-corrected chi connectivity index (χ1v) is 10.8. The number of aliphatic hydroxyl groups is 1. The van der Waals surface area contributed by atoms with Gasteiger partial charge in [0.25, 0.3) is 5.91 Å². The highest BCUT2D eigenvalue weighted by Gasteiger charge is 2.31. The van der Waals surface area contributed by atoms with E-state index in [1.807, 2.05) is 65.0 Å². The number of likely N-dealkylation sites (N-methyl/N-ethyl adjacent to an activating group) is 1. The van der Waals surface area contributed by atoms with Crippen molar-refractivity contribution in [3.8, 4) is 0 Å². The molecule has 8 heteroatoms. The Bertz CT molecular complexity index is 716. The van der Waals surface area contributed by atoms with Crippen molar-refractivity contribution in [3.05, 3.63) is 35.9 Å². The number of benzene rings is 1. The summed E-state index contributed by atoms with van der Waals surface area (Å²) in [5.41, 5.74) is 0.419. The number of carbonyl (C=O) groups is 3. The Balaban J connectivity index is 3.01. The maximum absolute atomic E-state index is 13.1. The molecule has 1 aromatic rings. The number of rotatable bonds is 10. The fourth-order valence-electron chi connectivity index (χ4n) is 3.09. The lowest BCUT2D eigenvalue weighted by molar-refractivity contribution is -0.132. The minimum Gasteiger partial charge on any atom is -0.381 e. The predicted molar refractivity (Wildman–Crippen MR) is 121 cm³/mol. The van der Waals surface area contributed by atoms with Crippen molar-refractivity contribution < 1.29 is 19.5 Å². The van der Waals surface area contributed by atoms with Gasteiger partial charge in [-0.2, -0.15) is 0 Å². The summed E-state index contributed by atoms with van der Waals surface area (Å²) in [6.07, 6.45) is -0.737. The van der Waals surface area contributed by atoms with E-state index in [0.717, 1.165) is 5.56 Å². The highest BCUT2D eigenvalue weighted by Crippen LogP contribution is 2.10. The molecule has 174 valence electrons. The van der Waals surface area contributed by atoms with E-state index in [0.29, 0.717) is 13.0 Å². The second-order valence-electron chi connectivity index (χ2n) is 9.17. The molecule has 3 atom stereocenters. The zero-order valence-electron chi connectivity index (χ0n) is 19.5. The average molecular weight is 435 g/mol. The third-order valence-corrected chi connectivity index (χ3v) is 4.44. The first-order chi connectivity index (χ1) is 14.4. The first kappa shape index (κ1) is 26.4. The van der Waals surface area contributed by atoms with Gasteiger partial charge in [-0.25, -0.2) is 4.79 Å². The van der Waals surface area contributed by atoms with Crippen LogP contribution in [0.2, 0.25) is 0 Å². The van der Waals surface area contributed by atoms with Crippen LogP contribution in [0.1, 0.15) is 53.5 Å². The number of hydrogen-bond donors (Lipinski definition) is 5. The van der Waals surface area contributed by atoms with Crippen LogP contribution in [0.4, 0.5) is 4.79 Å². The Labute approximate surface area is 185 Å². The van der Waals surface area contributed by atoms with E-state index in [1.54, 1.807) is 6.92 Å². The lowest BCUT2D eigenvalue weighted by atomic mass is 9.98. The van der Waals surface area contributed by atoms with Gasteiger partial charge in [-0.05, 0) is 52.0 Å². The van der Waals surface area contributed by atoms with E-state index in [2.05, 4.69) is 21.3 Å². The molecule has 2 unspecified atom stereocenters. The SMILES string of the molecule is CCNC(=O)C(O)C(Cc1ccccc1)NC(=O)[C@H](CC(C)C)NC(=O)NC(C)(C)C. The summed E-state index contributed by atoms with van der Waals surface area (Å²) in [5, 5.41) is 21.5. The Morgan fingerprint density at radius 2 is 1.61 bits per heavy atom. The molecule has 0 saturated heterocycles. The Morgan fingerprint density at radius 3 is 2.13 bits per heavy atom. The van der Waals surface area contributed by atoms with E-state index in [4.69, 9.17) is 0 Å². The lowest BCUT2D eigenvalue weighted by Gasteiger charge is -2.28. The third kappa shape index (κ3) is 10.3. The maximum atomic E-state index is 13.1. The van der Waals surface area contributed by atoms with Gasteiger partial charge in [-0.1, -0.05) is 44.2 Å². The van der Waals surface area contributed by atoms with Crippen LogP contribution >= 0.6 is 0 Å². The van der Waals surface area contributed by atoms with Gasteiger partial charge < -0.3 is 26.4 Å². The number of nitrogens with one attached hydrogen (secondary N) is 4. The van der Waals surface area contributed by atoms with Crippen molar-refractivity contribution in [2.75, 3.05) is 6.54 Å². The second-order valence-corrected chi connectivity index (χ2v) is 9.17. The summed E-state index contributed by atoms with van der Waals surface area (Å²) < 4.78 is 0. The van der Waals surface area contributed by atoms with Gasteiger partial charge >= 0.3 is 6.03 Å². The molecule has 0 bridgehead atoms. The number of amides is 4. The van der Waals surface area contributed by atoms with E-state index in [9.17, 15) is 19.5 Å². The van der Waals surface area contributed by atoms with Gasteiger partial charge in [-0.15, -0.1) is 0 Å². The second kappa shape index (κ2) is 12.3. The van der Waals surface area contributed by atoms with E-state index in [1.165, 1.54) is 0 Å². The number of carbonyl (C=O) groups excluding carboxylic acids is 3. The molecule has 1 rings (SSSR count). The average Bonchev–Trinajstić information content (AvgIpc) is 2.65. The zero-order chi connectivity index (χ0) is 23.6. The standard InChI is InChI=1S/C23H38N4O4/c1-7-24-21(30)19(28)17(14-16-11-9-8-10-12-16)25-20(29)18(13-15(2)3)26-22(31)27-23(4,5)6/h8-12,15,17-19,28H,7,13-14H2,1-6H3,(H,24,30)(H,25,29)(H2,26,27,31)/t17?,18-,19?/m0/s1. The molecule has 0 saturated carbocycles. The predicted octanol–water partition coefficient (Wildman–Crippen LogP) is 1.72. The highest BCUT2D eigenvalue weighted by molar-refractivity contribution is 5.88. The van der Waals surface area contributed by atoms with E-state index in [-0.39, 0.29) is 12.3 Å². The van der Waals surface area contributed by atoms with Crippen molar-refractivity contribution >= 4 is 17.8 Å². The fraction of sp³-hybridized carbons (Fsp3) is 0.609. The molecule has 4 amide bonds. The molecule has 0 aliphatic carbocycles. The molecule has 8 nitrogen and oxygen atoms in total. The smallest absolute Gasteiger partial charge is 0.315 e. The summed E-state index contributed by atoms with van der Waals surface area (Å²) >= 11 is 0. The zero-order valence-corrected chi connectivity index (χ0v) is 19.5. The minimum atomic E-state index is -1.42. The molecular formula is C23H38N4O4. The van der Waals surface area contributed by atoms with Crippen LogP contribution in [-0.4, -0.2) is 53.2 Å². The van der Waals surface area contributed by atoms with E-state index >= 15 is 0 Å². The third-order valence-electron chi connectivity index (χ3n) is 4.44. The molecular weight excluding hydrogens is 396 g/mol. The van der Waals surface area contributed by atoms with Crippen molar-refractivity contribution in [1.82, 2.24) is 21.3 Å². The molecule has 31 heavy (non-hydrogen) atoms. The molecule has 0 radical (unpaired) electrons. The lowest BCUT2D eigenvalue weighted by Crippen LogP contribution is -2.58. The molecule has 0 heterocycles. The first-order valence-electron chi connectivity index (χ1n) is 10.8. The van der Waals surface area contributed by atoms with Crippen LogP contribution in [0.15, 0.2) is 30.3 Å². The van der Waals surface area contributed by atoms with Crippen molar-refractivity contribution in [1.29, 1.82) is 0 Å². The Kier molecular flexibility index (Phi) is 10.5. The Morgan fingerprint density at radius 1 is 1.00 bits per heavy atom. The monoisotopic (exact) mass is 434 g/mol. The molecule has 1 aromatic carbocycles. The van der Waals surface area contributed by atoms with Gasteiger partial charge in [0.05, 0.1) is 6.04 Å². The van der Waals surface area contributed by atoms with E-state index < -0.39 is 41.6 Å². The summed E-state index contributed by atoms with van der Waals surface area (Å²) in [7, 11) is 0. The Hall–Kier alpha value is -2.61. The molecule has 0 aliphatic heterocycles. The van der Waals surface area contributed by atoms with Crippen LogP contribution in [0, 0.1) is 5.92 Å². The summed E-state index contributed by atoms with van der Waals surface area (Å²) in [5.74, 6) is -0.851. The van der Waals surface area contributed by atoms with Crippen molar-refractivity contribution in [2.24, 2.45) is 5.92 Å². The minimum absolute atomic E-state index is 0.145. The summed E-state index contributed by atoms with van der Waals surface area (Å²) in [4.78, 5) is 37.7. The number of urea groups is 1. The summed E-state index contributed by atoms with van der Waals surface area (Å²) in [6.45, 7) is 11.6. The molecule has 0 aliphatic rings. The van der Waals surface area contributed by atoms with Crippen LogP contribution in [0.25, 0.3) is 0 Å².